The van der Waals surface area contributed by atoms with E-state index < -0.39 is 0 Å². The van der Waals surface area contributed by atoms with E-state index in [2.05, 4.69) is 24.5 Å². The minimum Gasteiger partial charge on any atom is -0.394 e. The Kier molecular flexibility index (Phi) is 8.47. The van der Waals surface area contributed by atoms with Crippen molar-refractivity contribution in [2.45, 2.75) is 39.3 Å². The zero-order valence-electron chi connectivity index (χ0n) is 10.6. The molecule has 0 aromatic carbocycles. The molecule has 3 N–H and O–H groups in total. The number of rotatable bonds is 7. The zero-order chi connectivity index (χ0) is 12.6. The first kappa shape index (κ1) is 15.6. The maximum Gasteiger partial charge on any atom is 0.315 e. The van der Waals surface area contributed by atoms with Gasteiger partial charge in [0.05, 0.1) is 12.6 Å². The summed E-state index contributed by atoms with van der Waals surface area (Å²) in [5.41, 5.74) is 0. The van der Waals surface area contributed by atoms with Gasteiger partial charge in [-0.15, -0.1) is 0 Å². The highest BCUT2D eigenvalue weighted by atomic mass is 32.2. The van der Waals surface area contributed by atoms with Crippen molar-refractivity contribution in [3.8, 4) is 0 Å². The van der Waals surface area contributed by atoms with Crippen LogP contribution in [0, 0.1) is 5.92 Å². The molecule has 0 aliphatic heterocycles. The van der Waals surface area contributed by atoms with Gasteiger partial charge in [0.2, 0.25) is 0 Å². The van der Waals surface area contributed by atoms with Crippen LogP contribution in [-0.2, 0) is 0 Å². The van der Waals surface area contributed by atoms with Crippen molar-refractivity contribution in [2.24, 2.45) is 5.92 Å². The largest absolute Gasteiger partial charge is 0.394 e. The Morgan fingerprint density at radius 1 is 1.31 bits per heavy atom. The second-order valence-corrected chi connectivity index (χ2v) is 5.39. The van der Waals surface area contributed by atoms with E-state index in [0.29, 0.717) is 5.92 Å². The molecule has 0 aromatic heterocycles. The lowest BCUT2D eigenvalue weighted by atomic mass is 10.0. The van der Waals surface area contributed by atoms with Gasteiger partial charge in [-0.1, -0.05) is 13.8 Å². The summed E-state index contributed by atoms with van der Waals surface area (Å²) in [6.45, 7) is 6.09. The summed E-state index contributed by atoms with van der Waals surface area (Å²) in [6.07, 6.45) is 2.80. The molecule has 0 spiro atoms. The van der Waals surface area contributed by atoms with Gasteiger partial charge in [-0.05, 0) is 25.5 Å². The van der Waals surface area contributed by atoms with Gasteiger partial charge in [-0.25, -0.2) is 4.79 Å². The lowest BCUT2D eigenvalue weighted by Gasteiger charge is -2.20. The van der Waals surface area contributed by atoms with E-state index >= 15 is 0 Å². The van der Waals surface area contributed by atoms with Crippen molar-refractivity contribution in [3.05, 3.63) is 0 Å². The number of carbonyl (C=O) groups excluding carboxylic acids is 1. The molecule has 0 fully saturated rings. The number of carbonyl (C=O) groups is 1. The Hall–Kier alpha value is -0.420. The van der Waals surface area contributed by atoms with Gasteiger partial charge in [0.25, 0.3) is 0 Å². The van der Waals surface area contributed by atoms with E-state index in [1.807, 2.05) is 13.2 Å². The molecule has 0 aliphatic rings. The predicted molar refractivity (Wildman–Crippen MR) is 69.8 cm³/mol. The molecule has 96 valence electrons. The maximum atomic E-state index is 11.5. The fourth-order valence-electron chi connectivity index (χ4n) is 1.49. The van der Waals surface area contributed by atoms with Gasteiger partial charge in [0.1, 0.15) is 0 Å². The minimum absolute atomic E-state index is 0.0114. The topological polar surface area (TPSA) is 61.4 Å². The Balaban J connectivity index is 3.91. The van der Waals surface area contributed by atoms with Crippen molar-refractivity contribution in [3.63, 3.8) is 0 Å². The Morgan fingerprint density at radius 3 is 2.38 bits per heavy atom. The van der Waals surface area contributed by atoms with Crippen LogP contribution in [0.3, 0.4) is 0 Å². The highest BCUT2D eigenvalue weighted by molar-refractivity contribution is 7.98. The minimum atomic E-state index is -0.193. The number of amides is 2. The molecule has 2 amide bonds. The summed E-state index contributed by atoms with van der Waals surface area (Å²) in [4.78, 5) is 11.5. The molecule has 0 heterocycles. The number of aliphatic hydroxyl groups is 1. The third-order valence-electron chi connectivity index (χ3n) is 2.11. The van der Waals surface area contributed by atoms with Gasteiger partial charge in [-0.3, -0.25) is 0 Å². The second-order valence-electron chi connectivity index (χ2n) is 4.48. The monoisotopic (exact) mass is 248 g/mol. The molecule has 0 radical (unpaired) electrons. The van der Waals surface area contributed by atoms with Crippen molar-refractivity contribution in [1.82, 2.24) is 10.6 Å². The third kappa shape index (κ3) is 7.82. The number of hydrogen-bond donors (Lipinski definition) is 3. The molecular weight excluding hydrogens is 224 g/mol. The molecule has 0 saturated heterocycles. The predicted octanol–water partition coefficient (Wildman–Crippen LogP) is 1.44. The number of hydrogen-bond acceptors (Lipinski definition) is 3. The van der Waals surface area contributed by atoms with Crippen LogP contribution in [0.1, 0.15) is 27.2 Å². The lowest BCUT2D eigenvalue weighted by molar-refractivity contribution is 0.205. The summed E-state index contributed by atoms with van der Waals surface area (Å²) in [5.74, 6) is 1.35. The van der Waals surface area contributed by atoms with Gasteiger partial charge >= 0.3 is 6.03 Å². The normalized spacial score (nSPS) is 14.6. The van der Waals surface area contributed by atoms with Crippen molar-refractivity contribution < 1.29 is 9.90 Å². The first-order chi connectivity index (χ1) is 7.49. The average molecular weight is 248 g/mol. The molecule has 0 bridgehead atoms. The maximum absolute atomic E-state index is 11.5. The summed E-state index contributed by atoms with van der Waals surface area (Å²) in [5, 5.41) is 14.7. The Bertz CT molecular complexity index is 200. The van der Waals surface area contributed by atoms with E-state index in [4.69, 9.17) is 5.11 Å². The Morgan fingerprint density at radius 2 is 1.94 bits per heavy atom. The van der Waals surface area contributed by atoms with Crippen LogP contribution in [0.15, 0.2) is 0 Å². The molecule has 0 saturated carbocycles. The zero-order valence-corrected chi connectivity index (χ0v) is 11.4. The first-order valence-corrected chi connectivity index (χ1v) is 7.05. The van der Waals surface area contributed by atoms with E-state index in [1.165, 1.54) is 0 Å². The highest BCUT2D eigenvalue weighted by Crippen LogP contribution is 2.04. The Labute approximate surface area is 103 Å². The standard InChI is InChI=1S/C11H24N2O2S/c1-8(2)5-10(6-14)13-11(15)12-9(3)7-16-4/h8-10,14H,5-7H2,1-4H3,(H2,12,13,15)/t9-,10-/m0/s1. The lowest BCUT2D eigenvalue weighted by Crippen LogP contribution is -2.47. The van der Waals surface area contributed by atoms with Crippen molar-refractivity contribution in [2.75, 3.05) is 18.6 Å². The van der Waals surface area contributed by atoms with Gasteiger partial charge in [0.15, 0.2) is 0 Å². The highest BCUT2D eigenvalue weighted by Gasteiger charge is 2.13. The van der Waals surface area contributed by atoms with E-state index in [-0.39, 0.29) is 24.7 Å². The van der Waals surface area contributed by atoms with Crippen LogP contribution < -0.4 is 10.6 Å². The second kappa shape index (κ2) is 8.70. The third-order valence-corrected chi connectivity index (χ3v) is 2.94. The number of urea groups is 1. The van der Waals surface area contributed by atoms with Crippen LogP contribution in [0.25, 0.3) is 0 Å². The first-order valence-electron chi connectivity index (χ1n) is 5.66. The molecule has 0 aliphatic carbocycles. The van der Waals surface area contributed by atoms with E-state index in [1.54, 1.807) is 11.8 Å². The molecule has 4 nitrogen and oxygen atoms in total. The summed E-state index contributed by atoms with van der Waals surface area (Å²) < 4.78 is 0. The van der Waals surface area contributed by atoms with E-state index in [9.17, 15) is 4.79 Å². The molecule has 0 rings (SSSR count). The van der Waals surface area contributed by atoms with Crippen LogP contribution >= 0.6 is 11.8 Å². The van der Waals surface area contributed by atoms with Crippen LogP contribution in [0.5, 0.6) is 0 Å². The molecule has 5 heteroatoms. The smallest absolute Gasteiger partial charge is 0.315 e. The summed E-state index contributed by atoms with van der Waals surface area (Å²) >= 11 is 1.70. The molecule has 0 unspecified atom stereocenters. The van der Waals surface area contributed by atoms with Crippen LogP contribution in [0.4, 0.5) is 4.79 Å². The van der Waals surface area contributed by atoms with Crippen LogP contribution in [0.2, 0.25) is 0 Å². The summed E-state index contributed by atoms with van der Waals surface area (Å²) in [6, 6.07) is -0.198. The van der Waals surface area contributed by atoms with Crippen LogP contribution in [-0.4, -0.2) is 41.8 Å². The number of nitrogens with one attached hydrogen (secondary N) is 2. The van der Waals surface area contributed by atoms with Gasteiger partial charge < -0.3 is 15.7 Å². The van der Waals surface area contributed by atoms with Gasteiger partial charge in [-0.2, -0.15) is 11.8 Å². The number of aliphatic hydroxyl groups excluding tert-OH is 1. The quantitative estimate of drug-likeness (QED) is 0.639. The van der Waals surface area contributed by atoms with Crippen molar-refractivity contribution in [1.29, 1.82) is 0 Å². The molecular formula is C11H24N2O2S. The summed E-state index contributed by atoms with van der Waals surface area (Å²) in [7, 11) is 0. The fourth-order valence-corrected chi connectivity index (χ4v) is 2.07. The van der Waals surface area contributed by atoms with E-state index in [0.717, 1.165) is 12.2 Å². The van der Waals surface area contributed by atoms with Crippen molar-refractivity contribution >= 4 is 17.8 Å². The number of thioether (sulfide) groups is 1. The van der Waals surface area contributed by atoms with Gasteiger partial charge in [0, 0.05) is 11.8 Å². The average Bonchev–Trinajstić information content (AvgIpc) is 2.15. The molecule has 16 heavy (non-hydrogen) atoms. The SMILES string of the molecule is CSC[C@H](C)NC(=O)N[C@H](CO)CC(C)C. The molecule has 0 aromatic rings. The molecule has 2 atom stereocenters. The fraction of sp³-hybridized carbons (Fsp3) is 0.909.